The van der Waals surface area contributed by atoms with Crippen LogP contribution in [0.15, 0.2) is 55.0 Å². The van der Waals surface area contributed by atoms with E-state index in [1.54, 1.807) is 12.4 Å². The summed E-state index contributed by atoms with van der Waals surface area (Å²) in [7, 11) is 0. The summed E-state index contributed by atoms with van der Waals surface area (Å²) in [5.41, 5.74) is 3.33. The van der Waals surface area contributed by atoms with E-state index < -0.39 is 0 Å². The van der Waals surface area contributed by atoms with Gasteiger partial charge in [0.25, 0.3) is 0 Å². The number of H-pyrrole nitrogens is 1. The first-order valence-corrected chi connectivity index (χ1v) is 8.74. The summed E-state index contributed by atoms with van der Waals surface area (Å²) in [5, 5.41) is 4.62. The number of rotatable bonds is 4. The van der Waals surface area contributed by atoms with Crippen molar-refractivity contribution in [2.75, 3.05) is 19.6 Å². The predicted molar refractivity (Wildman–Crippen MR) is 98.3 cm³/mol. The second-order valence-corrected chi connectivity index (χ2v) is 6.59. The second kappa shape index (κ2) is 7.07. The van der Waals surface area contributed by atoms with Crippen molar-refractivity contribution in [2.24, 2.45) is 0 Å². The van der Waals surface area contributed by atoms with Crippen LogP contribution in [0.2, 0.25) is 0 Å². The molecule has 25 heavy (non-hydrogen) atoms. The average Bonchev–Trinajstić information content (AvgIpc) is 3.06. The molecule has 1 atom stereocenters. The van der Waals surface area contributed by atoms with Crippen LogP contribution >= 0.6 is 0 Å². The number of nitrogens with zero attached hydrogens (tertiary/aromatic N) is 2. The van der Waals surface area contributed by atoms with Crippen LogP contribution in [0, 0.1) is 0 Å². The van der Waals surface area contributed by atoms with E-state index in [1.165, 1.54) is 5.56 Å². The van der Waals surface area contributed by atoms with Crippen molar-refractivity contribution in [1.82, 2.24) is 20.2 Å². The fourth-order valence-electron chi connectivity index (χ4n) is 3.54. The topological polar surface area (TPSA) is 61.0 Å². The zero-order valence-electron chi connectivity index (χ0n) is 14.1. The van der Waals surface area contributed by atoms with Gasteiger partial charge in [-0.2, -0.15) is 0 Å². The molecule has 1 aliphatic rings. The molecule has 0 saturated carbocycles. The number of pyridine rings is 1. The fraction of sp³-hybridized carbons (Fsp3) is 0.300. The van der Waals surface area contributed by atoms with Crippen molar-refractivity contribution in [1.29, 1.82) is 0 Å². The minimum Gasteiger partial charge on any atom is -0.360 e. The molecule has 2 N–H and O–H groups in total. The molecule has 3 heterocycles. The van der Waals surface area contributed by atoms with Gasteiger partial charge in [0.05, 0.1) is 18.1 Å². The Bertz CT molecular complexity index is 858. The summed E-state index contributed by atoms with van der Waals surface area (Å²) >= 11 is 0. The van der Waals surface area contributed by atoms with Gasteiger partial charge < -0.3 is 15.2 Å². The van der Waals surface area contributed by atoms with Crippen LogP contribution in [0.3, 0.4) is 0 Å². The SMILES string of the molecule is O=C(Cc1c[nH]c2cnccc12)N1CCNC(Cc2ccccc2)C1. The van der Waals surface area contributed by atoms with E-state index in [1.807, 2.05) is 23.2 Å². The highest BCUT2D eigenvalue weighted by atomic mass is 16.2. The maximum atomic E-state index is 12.8. The molecule has 1 aromatic carbocycles. The van der Waals surface area contributed by atoms with Gasteiger partial charge in [-0.3, -0.25) is 9.78 Å². The number of fused-ring (bicyclic) bond motifs is 1. The van der Waals surface area contributed by atoms with Crippen molar-refractivity contribution < 1.29 is 4.79 Å². The number of carbonyl (C=O) groups excluding carboxylic acids is 1. The smallest absolute Gasteiger partial charge is 0.227 e. The Hall–Kier alpha value is -2.66. The van der Waals surface area contributed by atoms with Crippen LogP contribution in [-0.2, 0) is 17.6 Å². The van der Waals surface area contributed by atoms with Gasteiger partial charge >= 0.3 is 0 Å². The minimum atomic E-state index is 0.192. The predicted octanol–water partition coefficient (Wildman–Crippen LogP) is 2.15. The van der Waals surface area contributed by atoms with Crippen molar-refractivity contribution >= 4 is 16.8 Å². The molecule has 1 saturated heterocycles. The first-order chi connectivity index (χ1) is 12.3. The summed E-state index contributed by atoms with van der Waals surface area (Å²) in [6, 6.07) is 12.7. The maximum absolute atomic E-state index is 12.8. The molecule has 0 spiro atoms. The molecule has 1 fully saturated rings. The number of carbonyl (C=O) groups is 1. The molecule has 1 aliphatic heterocycles. The van der Waals surface area contributed by atoms with E-state index in [4.69, 9.17) is 0 Å². The van der Waals surface area contributed by atoms with Crippen LogP contribution in [0.25, 0.3) is 10.9 Å². The summed E-state index contributed by atoms with van der Waals surface area (Å²) in [4.78, 5) is 22.1. The lowest BCUT2D eigenvalue weighted by molar-refractivity contribution is -0.131. The van der Waals surface area contributed by atoms with E-state index in [2.05, 4.69) is 39.6 Å². The number of aromatic amines is 1. The van der Waals surface area contributed by atoms with Crippen LogP contribution in [-0.4, -0.2) is 46.5 Å². The summed E-state index contributed by atoms with van der Waals surface area (Å²) in [6.45, 7) is 2.38. The molecular formula is C20H22N4O. The van der Waals surface area contributed by atoms with Crippen molar-refractivity contribution in [2.45, 2.75) is 18.9 Å². The third kappa shape index (κ3) is 3.56. The molecule has 0 aliphatic carbocycles. The monoisotopic (exact) mass is 334 g/mol. The number of piperazine rings is 1. The number of nitrogens with one attached hydrogen (secondary N) is 2. The van der Waals surface area contributed by atoms with Gasteiger partial charge in [0.1, 0.15) is 0 Å². The molecule has 1 amide bonds. The highest BCUT2D eigenvalue weighted by Gasteiger charge is 2.24. The van der Waals surface area contributed by atoms with E-state index in [0.717, 1.165) is 42.5 Å². The largest absolute Gasteiger partial charge is 0.360 e. The summed E-state index contributed by atoms with van der Waals surface area (Å²) < 4.78 is 0. The Morgan fingerprint density at radius 1 is 1.24 bits per heavy atom. The van der Waals surface area contributed by atoms with Crippen LogP contribution < -0.4 is 5.32 Å². The third-order valence-electron chi connectivity index (χ3n) is 4.84. The second-order valence-electron chi connectivity index (χ2n) is 6.59. The Morgan fingerprint density at radius 3 is 3.00 bits per heavy atom. The standard InChI is InChI=1S/C20H22N4O/c25-20(11-16-12-23-19-13-21-7-6-18(16)19)24-9-8-22-17(14-24)10-15-4-2-1-3-5-15/h1-7,12-13,17,22-23H,8-11,14H2. The van der Waals surface area contributed by atoms with E-state index in [0.29, 0.717) is 12.5 Å². The van der Waals surface area contributed by atoms with Crippen LogP contribution in [0.1, 0.15) is 11.1 Å². The molecule has 3 aromatic rings. The van der Waals surface area contributed by atoms with Gasteiger partial charge in [-0.15, -0.1) is 0 Å². The lowest BCUT2D eigenvalue weighted by Crippen LogP contribution is -2.53. The van der Waals surface area contributed by atoms with Crippen LogP contribution in [0.4, 0.5) is 0 Å². The van der Waals surface area contributed by atoms with Crippen LogP contribution in [0.5, 0.6) is 0 Å². The number of hydrogen-bond donors (Lipinski definition) is 2. The number of benzene rings is 1. The summed E-state index contributed by atoms with van der Waals surface area (Å²) in [6.07, 6.45) is 6.87. The first-order valence-electron chi connectivity index (χ1n) is 8.74. The highest BCUT2D eigenvalue weighted by Crippen LogP contribution is 2.18. The molecule has 0 radical (unpaired) electrons. The lowest BCUT2D eigenvalue weighted by atomic mass is 10.0. The quantitative estimate of drug-likeness (QED) is 0.768. The molecule has 5 heteroatoms. The molecule has 1 unspecified atom stereocenters. The summed E-state index contributed by atoms with van der Waals surface area (Å²) in [5.74, 6) is 0.192. The number of amides is 1. The Labute approximate surface area is 147 Å². The number of hydrogen-bond acceptors (Lipinski definition) is 3. The van der Waals surface area contributed by atoms with Gasteiger partial charge in [0.2, 0.25) is 5.91 Å². The van der Waals surface area contributed by atoms with Crippen molar-refractivity contribution in [3.8, 4) is 0 Å². The van der Waals surface area contributed by atoms with E-state index >= 15 is 0 Å². The van der Waals surface area contributed by atoms with Crippen molar-refractivity contribution in [3.63, 3.8) is 0 Å². The van der Waals surface area contributed by atoms with Gasteiger partial charge in [-0.05, 0) is 23.6 Å². The Kier molecular flexibility index (Phi) is 4.48. The third-order valence-corrected chi connectivity index (χ3v) is 4.84. The Morgan fingerprint density at radius 2 is 2.12 bits per heavy atom. The highest BCUT2D eigenvalue weighted by molar-refractivity contribution is 5.88. The van der Waals surface area contributed by atoms with Gasteiger partial charge in [-0.1, -0.05) is 30.3 Å². The minimum absolute atomic E-state index is 0.192. The normalized spacial score (nSPS) is 17.8. The average molecular weight is 334 g/mol. The van der Waals surface area contributed by atoms with Gasteiger partial charge in [0.15, 0.2) is 0 Å². The zero-order valence-corrected chi connectivity index (χ0v) is 14.1. The molecular weight excluding hydrogens is 312 g/mol. The van der Waals surface area contributed by atoms with Gasteiger partial charge in [0, 0.05) is 43.5 Å². The molecule has 2 aromatic heterocycles. The molecule has 5 nitrogen and oxygen atoms in total. The van der Waals surface area contributed by atoms with E-state index in [-0.39, 0.29) is 5.91 Å². The first kappa shape index (κ1) is 15.8. The molecule has 128 valence electrons. The molecule has 0 bridgehead atoms. The van der Waals surface area contributed by atoms with Crippen molar-refractivity contribution in [3.05, 3.63) is 66.1 Å². The zero-order chi connectivity index (χ0) is 17.1. The molecule has 4 rings (SSSR count). The maximum Gasteiger partial charge on any atom is 0.227 e. The number of aromatic nitrogens is 2. The fourth-order valence-corrected chi connectivity index (χ4v) is 3.54. The van der Waals surface area contributed by atoms with Gasteiger partial charge in [-0.25, -0.2) is 0 Å². The Balaban J connectivity index is 1.41. The lowest BCUT2D eigenvalue weighted by Gasteiger charge is -2.34. The van der Waals surface area contributed by atoms with E-state index in [9.17, 15) is 4.79 Å².